The van der Waals surface area contributed by atoms with Crippen molar-refractivity contribution in [2.45, 2.75) is 32.7 Å². The normalized spacial score (nSPS) is 15.3. The Morgan fingerprint density at radius 2 is 2.08 bits per heavy atom. The molecule has 2 N–H and O–H groups in total. The highest BCUT2D eigenvalue weighted by Crippen LogP contribution is 1.98. The smallest absolute Gasteiger partial charge is 0.310 e. The summed E-state index contributed by atoms with van der Waals surface area (Å²) in [6.07, 6.45) is -1.57. The van der Waals surface area contributed by atoms with Crippen molar-refractivity contribution in [3.63, 3.8) is 0 Å². The minimum absolute atomic E-state index is 0.0703. The molecule has 0 rings (SSSR count). The number of aliphatic hydroxyl groups excluding tert-OH is 2. The average Bonchev–Trinajstić information content (AvgIpc) is 1.84. The molecule has 2 unspecified atom stereocenters. The number of carbonyl (C=O) groups is 1. The van der Waals surface area contributed by atoms with Gasteiger partial charge in [-0.15, -0.1) is 0 Å². The zero-order valence-corrected chi connectivity index (χ0v) is 7.19. The summed E-state index contributed by atoms with van der Waals surface area (Å²) < 4.78 is 9.15. The van der Waals surface area contributed by atoms with Crippen LogP contribution in [0, 0.1) is 0 Å². The minimum Gasteiger partial charge on any atom is -0.436 e. The van der Waals surface area contributed by atoms with Gasteiger partial charge in [0.25, 0.3) is 0 Å². The molecular formula is C7H14O5. The Kier molecular flexibility index (Phi) is 5.61. The number of ether oxygens (including phenoxy) is 2. The Labute approximate surface area is 70.9 Å². The van der Waals surface area contributed by atoms with Gasteiger partial charge < -0.3 is 19.7 Å². The van der Waals surface area contributed by atoms with Crippen molar-refractivity contribution in [2.75, 3.05) is 6.79 Å². The van der Waals surface area contributed by atoms with Gasteiger partial charge in [0.1, 0.15) is 6.79 Å². The van der Waals surface area contributed by atoms with E-state index in [1.807, 2.05) is 0 Å². The molecule has 12 heavy (non-hydrogen) atoms. The Hall–Kier alpha value is -0.650. The summed E-state index contributed by atoms with van der Waals surface area (Å²) in [5.41, 5.74) is 0. The van der Waals surface area contributed by atoms with Gasteiger partial charge in [0.15, 0.2) is 0 Å². The lowest BCUT2D eigenvalue weighted by Crippen LogP contribution is -2.21. The second-order valence-corrected chi connectivity index (χ2v) is 2.41. The van der Waals surface area contributed by atoms with Crippen molar-refractivity contribution in [3.05, 3.63) is 0 Å². The van der Waals surface area contributed by atoms with Crippen LogP contribution >= 0.6 is 0 Å². The fraction of sp³-hybridized carbons (Fsp3) is 0.857. The predicted octanol–water partition coefficient (Wildman–Crippen LogP) is -0.387. The third kappa shape index (κ3) is 6.09. The minimum atomic E-state index is -0.777. The molecule has 0 fully saturated rings. The SMILES string of the molecule is CC(O)CC(=O)OC(C)OCO. The fourth-order valence-electron chi connectivity index (χ4n) is 0.613. The zero-order chi connectivity index (χ0) is 9.56. The van der Waals surface area contributed by atoms with E-state index >= 15 is 0 Å². The molecule has 5 nitrogen and oxygen atoms in total. The van der Waals surface area contributed by atoms with E-state index in [9.17, 15) is 4.79 Å². The monoisotopic (exact) mass is 178 g/mol. The van der Waals surface area contributed by atoms with Gasteiger partial charge in [-0.25, -0.2) is 0 Å². The third-order valence-electron chi connectivity index (χ3n) is 1.07. The van der Waals surface area contributed by atoms with Gasteiger partial charge in [0.2, 0.25) is 6.29 Å². The van der Waals surface area contributed by atoms with Gasteiger partial charge in [-0.05, 0) is 13.8 Å². The standard InChI is InChI=1S/C7H14O5/c1-5(9)3-7(10)12-6(2)11-4-8/h5-6,8-9H,3-4H2,1-2H3. The van der Waals surface area contributed by atoms with Crippen molar-refractivity contribution in [3.8, 4) is 0 Å². The quantitative estimate of drug-likeness (QED) is 0.443. The van der Waals surface area contributed by atoms with Gasteiger partial charge >= 0.3 is 5.97 Å². The summed E-state index contributed by atoms with van der Waals surface area (Å²) in [4.78, 5) is 10.8. The summed E-state index contributed by atoms with van der Waals surface area (Å²) in [6, 6.07) is 0. The first-order valence-corrected chi connectivity index (χ1v) is 3.66. The highest BCUT2D eigenvalue weighted by molar-refractivity contribution is 5.69. The number of aliphatic hydroxyl groups is 2. The van der Waals surface area contributed by atoms with Crippen LogP contribution in [0.4, 0.5) is 0 Å². The van der Waals surface area contributed by atoms with Crippen LogP contribution in [0.1, 0.15) is 20.3 Å². The predicted molar refractivity (Wildman–Crippen MR) is 40.0 cm³/mol. The Bertz CT molecular complexity index is 134. The van der Waals surface area contributed by atoms with Crippen LogP contribution in [0.5, 0.6) is 0 Å². The topological polar surface area (TPSA) is 76.0 Å². The highest BCUT2D eigenvalue weighted by Gasteiger charge is 2.11. The molecule has 0 spiro atoms. The second kappa shape index (κ2) is 5.93. The molecule has 72 valence electrons. The van der Waals surface area contributed by atoms with E-state index in [1.165, 1.54) is 13.8 Å². The van der Waals surface area contributed by atoms with Crippen molar-refractivity contribution in [1.29, 1.82) is 0 Å². The van der Waals surface area contributed by atoms with Gasteiger partial charge in [-0.2, -0.15) is 0 Å². The Morgan fingerprint density at radius 1 is 1.50 bits per heavy atom. The molecule has 0 aliphatic heterocycles. The number of hydrogen-bond donors (Lipinski definition) is 2. The zero-order valence-electron chi connectivity index (χ0n) is 7.19. The van der Waals surface area contributed by atoms with E-state index in [1.54, 1.807) is 0 Å². The summed E-state index contributed by atoms with van der Waals surface area (Å²) >= 11 is 0. The van der Waals surface area contributed by atoms with Crippen LogP contribution in [-0.2, 0) is 14.3 Å². The first kappa shape index (κ1) is 11.4. The van der Waals surface area contributed by atoms with E-state index in [4.69, 9.17) is 10.2 Å². The fourth-order valence-corrected chi connectivity index (χ4v) is 0.613. The number of carbonyl (C=O) groups excluding carboxylic acids is 1. The average molecular weight is 178 g/mol. The van der Waals surface area contributed by atoms with Gasteiger partial charge in [0.05, 0.1) is 12.5 Å². The summed E-state index contributed by atoms with van der Waals surface area (Å²) in [5, 5.41) is 17.0. The molecule has 0 amide bonds. The van der Waals surface area contributed by atoms with Crippen LogP contribution in [-0.4, -0.2) is 35.4 Å². The molecule has 0 saturated heterocycles. The van der Waals surface area contributed by atoms with Crippen molar-refractivity contribution >= 4 is 5.97 Å². The van der Waals surface area contributed by atoms with Crippen LogP contribution in [0.25, 0.3) is 0 Å². The maximum atomic E-state index is 10.8. The number of rotatable bonds is 5. The van der Waals surface area contributed by atoms with Crippen LogP contribution < -0.4 is 0 Å². The third-order valence-corrected chi connectivity index (χ3v) is 1.07. The second-order valence-electron chi connectivity index (χ2n) is 2.41. The summed E-state index contributed by atoms with van der Waals surface area (Å²) in [7, 11) is 0. The molecular weight excluding hydrogens is 164 g/mol. The summed E-state index contributed by atoms with van der Waals surface area (Å²) in [6.45, 7) is 2.47. The van der Waals surface area contributed by atoms with E-state index in [2.05, 4.69) is 9.47 Å². The van der Waals surface area contributed by atoms with Crippen molar-refractivity contribution in [2.24, 2.45) is 0 Å². The van der Waals surface area contributed by atoms with Crippen molar-refractivity contribution < 1.29 is 24.5 Å². The van der Waals surface area contributed by atoms with E-state index < -0.39 is 25.2 Å². The van der Waals surface area contributed by atoms with Crippen molar-refractivity contribution in [1.82, 2.24) is 0 Å². The first-order chi connectivity index (χ1) is 5.56. The van der Waals surface area contributed by atoms with E-state index in [0.29, 0.717) is 0 Å². The molecule has 0 saturated carbocycles. The Morgan fingerprint density at radius 3 is 2.50 bits per heavy atom. The summed E-state index contributed by atoms with van der Waals surface area (Å²) in [5.74, 6) is -0.550. The molecule has 2 atom stereocenters. The first-order valence-electron chi connectivity index (χ1n) is 3.66. The molecule has 0 aliphatic carbocycles. The molecule has 0 aromatic rings. The molecule has 0 radical (unpaired) electrons. The lowest BCUT2D eigenvalue weighted by molar-refractivity contribution is -0.190. The number of esters is 1. The van der Waals surface area contributed by atoms with E-state index in [-0.39, 0.29) is 6.42 Å². The Balaban J connectivity index is 3.54. The molecule has 0 heterocycles. The molecule has 0 aromatic carbocycles. The number of hydrogen-bond acceptors (Lipinski definition) is 5. The lowest BCUT2D eigenvalue weighted by atomic mass is 10.3. The van der Waals surface area contributed by atoms with Crippen LogP contribution in [0.2, 0.25) is 0 Å². The van der Waals surface area contributed by atoms with Gasteiger partial charge in [-0.3, -0.25) is 4.79 Å². The molecule has 0 bridgehead atoms. The lowest BCUT2D eigenvalue weighted by Gasteiger charge is -2.12. The molecule has 0 aliphatic rings. The largest absolute Gasteiger partial charge is 0.436 e. The van der Waals surface area contributed by atoms with E-state index in [0.717, 1.165) is 0 Å². The van der Waals surface area contributed by atoms with Crippen LogP contribution in [0.15, 0.2) is 0 Å². The van der Waals surface area contributed by atoms with Crippen LogP contribution in [0.3, 0.4) is 0 Å². The highest BCUT2D eigenvalue weighted by atomic mass is 16.7. The molecule has 5 heteroatoms. The maximum Gasteiger partial charge on any atom is 0.310 e. The maximum absolute atomic E-state index is 10.8. The van der Waals surface area contributed by atoms with Gasteiger partial charge in [0, 0.05) is 0 Å². The van der Waals surface area contributed by atoms with Gasteiger partial charge in [-0.1, -0.05) is 0 Å². The molecule has 0 aromatic heterocycles.